The number of nitrogens with one attached hydrogen (secondary N) is 4. The predicted octanol–water partition coefficient (Wildman–Crippen LogP) is 3.17. The number of amidine groups is 1. The Hall–Kier alpha value is -4.82. The van der Waals surface area contributed by atoms with Gasteiger partial charge >= 0.3 is 0 Å². The van der Waals surface area contributed by atoms with Crippen LogP contribution < -0.4 is 21.7 Å². The molecule has 0 aliphatic rings. The number of hydrogen-bond acceptors (Lipinski definition) is 6. The van der Waals surface area contributed by atoms with E-state index in [0.717, 1.165) is 0 Å². The van der Waals surface area contributed by atoms with E-state index in [-0.39, 0.29) is 66.6 Å². The first-order valence-electron chi connectivity index (χ1n) is 11.8. The molecule has 1 aromatic carbocycles. The smallest absolute Gasteiger partial charge is 0.278 e. The van der Waals surface area contributed by atoms with E-state index in [1.165, 1.54) is 28.8 Å². The third-order valence-corrected chi connectivity index (χ3v) is 6.16. The zero-order valence-corrected chi connectivity index (χ0v) is 23.9. The van der Waals surface area contributed by atoms with Crippen molar-refractivity contribution in [2.75, 3.05) is 17.2 Å². The average molecular weight is 606 g/mol. The van der Waals surface area contributed by atoms with Gasteiger partial charge in [-0.05, 0) is 24.3 Å². The van der Waals surface area contributed by atoms with Crippen LogP contribution in [0, 0.1) is 15.5 Å². The number of nitrogens with two attached hydrogens (primary N) is 1. The number of halogens is 2. The highest BCUT2D eigenvalue weighted by molar-refractivity contribution is 6.09. The Labute approximate surface area is 246 Å². The van der Waals surface area contributed by atoms with Gasteiger partial charge in [0.2, 0.25) is 0 Å². The van der Waals surface area contributed by atoms with Crippen LogP contribution >= 0.6 is 24.8 Å². The number of carbonyl (C=O) groups is 3. The molecule has 4 rings (SSSR count). The third-order valence-electron chi connectivity index (χ3n) is 6.16. The predicted molar refractivity (Wildman–Crippen MR) is 160 cm³/mol. The molecule has 41 heavy (non-hydrogen) atoms. The van der Waals surface area contributed by atoms with E-state index in [1.54, 1.807) is 54.8 Å². The number of hydrogen-bond donors (Lipinski definition) is 5. The second-order valence-corrected chi connectivity index (χ2v) is 8.94. The van der Waals surface area contributed by atoms with Crippen LogP contribution in [0.25, 0.3) is 10.9 Å². The Bertz CT molecular complexity index is 1650. The number of nitro benzene ring substituents is 1. The van der Waals surface area contributed by atoms with Gasteiger partial charge in [0.15, 0.2) is 0 Å². The second kappa shape index (κ2) is 13.0. The van der Waals surface area contributed by atoms with Crippen molar-refractivity contribution < 1.29 is 19.3 Å². The number of benzene rings is 1. The average Bonchev–Trinajstić information content (AvgIpc) is 3.53. The summed E-state index contributed by atoms with van der Waals surface area (Å²) in [5, 5.41) is 27.1. The monoisotopic (exact) mass is 605 g/mol. The first kappa shape index (κ1) is 32.4. The Kier molecular flexibility index (Phi) is 10.3. The standard InChI is InChI=1S/C25H27N9O5.2ClH/c1-31-12-14(9-19(31)23(35)28-8-7-22(26)27)29-24(36)20-10-15(13-32(20)2)30-25(37)21-11-16-17(33(21)3)5-4-6-18(16)34(38)39;;/h4-6,9-13H,7-8H2,1-3H3,(H3,26,27)(H,28,35)(H,29,36)(H,30,37);2*1H. The summed E-state index contributed by atoms with van der Waals surface area (Å²) in [7, 11) is 4.94. The summed E-state index contributed by atoms with van der Waals surface area (Å²) in [6, 6.07) is 9.10. The molecule has 4 aromatic rings. The third kappa shape index (κ3) is 6.85. The van der Waals surface area contributed by atoms with Gasteiger partial charge in [-0.15, -0.1) is 24.8 Å². The van der Waals surface area contributed by atoms with Crippen molar-refractivity contribution in [1.82, 2.24) is 19.0 Å². The lowest BCUT2D eigenvalue weighted by Crippen LogP contribution is -2.28. The highest BCUT2D eigenvalue weighted by Crippen LogP contribution is 2.28. The van der Waals surface area contributed by atoms with Gasteiger partial charge in [0.1, 0.15) is 17.1 Å². The van der Waals surface area contributed by atoms with Crippen molar-refractivity contribution in [3.8, 4) is 0 Å². The summed E-state index contributed by atoms with van der Waals surface area (Å²) < 4.78 is 4.66. The normalized spacial score (nSPS) is 10.3. The van der Waals surface area contributed by atoms with E-state index in [9.17, 15) is 24.5 Å². The topological polar surface area (TPSA) is 195 Å². The number of aromatic nitrogens is 3. The van der Waals surface area contributed by atoms with E-state index >= 15 is 0 Å². The fourth-order valence-electron chi connectivity index (χ4n) is 4.23. The number of amides is 3. The van der Waals surface area contributed by atoms with Gasteiger partial charge in [-0.2, -0.15) is 0 Å². The van der Waals surface area contributed by atoms with Gasteiger partial charge in [0, 0.05) is 52.6 Å². The Morgan fingerprint density at radius 2 is 1.44 bits per heavy atom. The van der Waals surface area contributed by atoms with E-state index in [2.05, 4.69) is 16.0 Å². The van der Waals surface area contributed by atoms with Crippen LogP contribution in [0.2, 0.25) is 0 Å². The molecule has 0 unspecified atom stereocenters. The molecule has 0 atom stereocenters. The molecule has 3 aromatic heterocycles. The van der Waals surface area contributed by atoms with Gasteiger partial charge < -0.3 is 35.4 Å². The molecule has 16 heteroatoms. The molecule has 0 aliphatic heterocycles. The van der Waals surface area contributed by atoms with Crippen molar-refractivity contribution in [2.24, 2.45) is 26.9 Å². The van der Waals surface area contributed by atoms with E-state index in [4.69, 9.17) is 11.1 Å². The van der Waals surface area contributed by atoms with Crippen LogP contribution in [0.4, 0.5) is 17.1 Å². The molecule has 0 bridgehead atoms. The lowest BCUT2D eigenvalue weighted by molar-refractivity contribution is -0.383. The van der Waals surface area contributed by atoms with Gasteiger partial charge in [0.05, 0.1) is 33.0 Å². The fourth-order valence-corrected chi connectivity index (χ4v) is 4.23. The molecule has 6 N–H and O–H groups in total. The maximum atomic E-state index is 13.0. The lowest BCUT2D eigenvalue weighted by Gasteiger charge is -2.04. The molecule has 218 valence electrons. The summed E-state index contributed by atoms with van der Waals surface area (Å²) in [5.74, 6) is -1.37. The first-order valence-corrected chi connectivity index (χ1v) is 11.8. The molecule has 0 aliphatic carbocycles. The lowest BCUT2D eigenvalue weighted by atomic mass is 10.2. The van der Waals surface area contributed by atoms with Crippen molar-refractivity contribution in [2.45, 2.75) is 6.42 Å². The van der Waals surface area contributed by atoms with Crippen LogP contribution in [-0.4, -0.2) is 48.7 Å². The Balaban J connectivity index is 0.00000294. The second-order valence-electron chi connectivity index (χ2n) is 8.94. The number of aryl methyl sites for hydroxylation is 3. The van der Waals surface area contributed by atoms with E-state index in [1.807, 2.05) is 0 Å². The Morgan fingerprint density at radius 1 is 0.902 bits per heavy atom. The minimum Gasteiger partial charge on any atom is -0.388 e. The fraction of sp³-hybridized carbons (Fsp3) is 0.200. The van der Waals surface area contributed by atoms with Crippen LogP contribution in [0.5, 0.6) is 0 Å². The van der Waals surface area contributed by atoms with Crippen molar-refractivity contribution in [1.29, 1.82) is 5.41 Å². The van der Waals surface area contributed by atoms with Crippen LogP contribution in [0.3, 0.4) is 0 Å². The molecule has 3 amide bonds. The highest BCUT2D eigenvalue weighted by atomic mass is 35.5. The van der Waals surface area contributed by atoms with Crippen LogP contribution in [-0.2, 0) is 21.1 Å². The van der Waals surface area contributed by atoms with Gasteiger partial charge in [0.25, 0.3) is 23.4 Å². The van der Waals surface area contributed by atoms with Gasteiger partial charge in [-0.25, -0.2) is 0 Å². The molecule has 0 saturated heterocycles. The molecular weight excluding hydrogens is 577 g/mol. The maximum absolute atomic E-state index is 13.0. The number of anilines is 2. The summed E-state index contributed by atoms with van der Waals surface area (Å²) in [6.45, 7) is 0.217. The summed E-state index contributed by atoms with van der Waals surface area (Å²) >= 11 is 0. The zero-order chi connectivity index (χ0) is 28.4. The van der Waals surface area contributed by atoms with Gasteiger partial charge in [-0.1, -0.05) is 6.07 Å². The van der Waals surface area contributed by atoms with Crippen LogP contribution in [0.15, 0.2) is 48.8 Å². The van der Waals surface area contributed by atoms with Crippen molar-refractivity contribution >= 4 is 76.3 Å². The number of carbonyl (C=O) groups excluding carboxylic acids is 3. The number of nitro groups is 1. The van der Waals surface area contributed by atoms with E-state index in [0.29, 0.717) is 28.0 Å². The van der Waals surface area contributed by atoms with E-state index < -0.39 is 16.7 Å². The minimum atomic E-state index is -0.497. The summed E-state index contributed by atoms with van der Waals surface area (Å²) in [5.41, 5.74) is 7.25. The first-order chi connectivity index (χ1) is 18.5. The van der Waals surface area contributed by atoms with Crippen LogP contribution in [0.1, 0.15) is 37.9 Å². The number of fused-ring (bicyclic) bond motifs is 1. The molecular formula is C25H29Cl2N9O5. The largest absolute Gasteiger partial charge is 0.388 e. The molecule has 0 radical (unpaired) electrons. The summed E-state index contributed by atoms with van der Waals surface area (Å²) in [6.07, 6.45) is 3.38. The molecule has 0 fully saturated rings. The molecule has 14 nitrogen and oxygen atoms in total. The maximum Gasteiger partial charge on any atom is 0.278 e. The number of nitrogens with zero attached hydrogens (tertiary/aromatic N) is 4. The quantitative estimate of drug-likeness (QED) is 0.0840. The Morgan fingerprint density at radius 3 is 1.98 bits per heavy atom. The number of non-ortho nitro benzene ring substituents is 1. The number of rotatable bonds is 9. The molecule has 0 saturated carbocycles. The minimum absolute atomic E-state index is 0. The molecule has 0 spiro atoms. The van der Waals surface area contributed by atoms with Gasteiger partial charge in [-0.3, -0.25) is 29.9 Å². The van der Waals surface area contributed by atoms with Crippen molar-refractivity contribution in [3.63, 3.8) is 0 Å². The zero-order valence-electron chi connectivity index (χ0n) is 22.3. The summed E-state index contributed by atoms with van der Waals surface area (Å²) in [4.78, 5) is 49.2. The highest BCUT2D eigenvalue weighted by Gasteiger charge is 2.21. The molecule has 3 heterocycles. The van der Waals surface area contributed by atoms with Crippen molar-refractivity contribution in [3.05, 3.63) is 76.0 Å². The SMILES string of the molecule is Cl.Cl.Cn1cc(NC(=O)c2cc(NC(=O)c3cc4c([N+](=O)[O-])cccc4n3C)cn2C)cc1C(=O)NCCC(=N)N.